The van der Waals surface area contributed by atoms with Crippen molar-refractivity contribution in [1.82, 2.24) is 0 Å². The fraction of sp³-hybridized carbons (Fsp3) is 0. The molecular formula is C36H26Br6Cl2P2Pd. The van der Waals surface area contributed by atoms with Gasteiger partial charge < -0.3 is 0 Å². The zero-order valence-electron chi connectivity index (χ0n) is 24.2. The van der Waals surface area contributed by atoms with Crippen molar-refractivity contribution in [2.75, 3.05) is 0 Å². The summed E-state index contributed by atoms with van der Waals surface area (Å²) >= 11 is 18.4. The number of halogens is 8. The van der Waals surface area contributed by atoms with Gasteiger partial charge in [0.25, 0.3) is 0 Å². The first-order chi connectivity index (χ1) is 22.5. The Morgan fingerprint density at radius 2 is 0.404 bits per heavy atom. The molecule has 0 amide bonds. The zero-order valence-corrected chi connectivity index (χ0v) is 38.8. The molecule has 6 rings (SSSR count). The molecule has 0 fully saturated rings. The van der Waals surface area contributed by atoms with Gasteiger partial charge in [0.15, 0.2) is 0 Å². The molecule has 0 spiro atoms. The summed E-state index contributed by atoms with van der Waals surface area (Å²) in [5.41, 5.74) is -6.60. The van der Waals surface area contributed by atoms with E-state index < -0.39 is 23.4 Å². The maximum atomic E-state index is 8.80. The monoisotopic (exact) mass is 1170 g/mol. The van der Waals surface area contributed by atoms with E-state index in [1.54, 1.807) is 0 Å². The summed E-state index contributed by atoms with van der Waals surface area (Å²) in [6.45, 7) is 0. The van der Waals surface area contributed by atoms with E-state index in [1.165, 1.54) is 31.8 Å². The van der Waals surface area contributed by atoms with Crippen LogP contribution in [0.5, 0.6) is 0 Å². The van der Waals surface area contributed by atoms with Crippen LogP contribution >= 0.6 is 126 Å². The fourth-order valence-electron chi connectivity index (χ4n) is 5.88. The van der Waals surface area contributed by atoms with Crippen molar-refractivity contribution in [3.8, 4) is 0 Å². The first-order valence-electron chi connectivity index (χ1n) is 14.1. The third kappa shape index (κ3) is 6.96. The van der Waals surface area contributed by atoms with Crippen LogP contribution in [0.25, 0.3) is 0 Å². The van der Waals surface area contributed by atoms with E-state index in [-0.39, 0.29) is 0 Å². The SMILES string of the molecule is [Cl][Pd]([Cl])([PH](c1ccc(Br)cc1)(c1ccc(Br)cc1)c1ccc(Br)cc1)[PH](c1ccc(Br)cc1)(c1ccc(Br)cc1)c1ccc(Br)cc1. The fourth-order valence-corrected chi connectivity index (χ4v) is 63.0. The van der Waals surface area contributed by atoms with Gasteiger partial charge in [-0.1, -0.05) is 0 Å². The summed E-state index contributed by atoms with van der Waals surface area (Å²) in [6, 6.07) is 52.3. The molecule has 0 atom stereocenters. The number of hydrogen-bond donors (Lipinski definition) is 0. The van der Waals surface area contributed by atoms with Gasteiger partial charge in [-0.05, 0) is 0 Å². The van der Waals surface area contributed by atoms with Gasteiger partial charge in [-0.2, -0.15) is 0 Å². The normalized spacial score (nSPS) is 13.3. The van der Waals surface area contributed by atoms with Crippen molar-refractivity contribution in [3.63, 3.8) is 0 Å². The predicted molar refractivity (Wildman–Crippen MR) is 231 cm³/mol. The molecule has 11 heteroatoms. The summed E-state index contributed by atoms with van der Waals surface area (Å²) in [5.74, 6) is 0. The Labute approximate surface area is 337 Å². The predicted octanol–water partition coefficient (Wildman–Crippen LogP) is 12.3. The molecule has 0 nitrogen and oxygen atoms in total. The summed E-state index contributed by atoms with van der Waals surface area (Å²) in [5, 5.41) is 7.06. The second-order valence-corrected chi connectivity index (χ2v) is 48.0. The molecule has 6 aromatic rings. The van der Waals surface area contributed by atoms with Crippen molar-refractivity contribution in [2.45, 2.75) is 0 Å². The molecule has 0 heterocycles. The van der Waals surface area contributed by atoms with Crippen molar-refractivity contribution in [3.05, 3.63) is 172 Å². The van der Waals surface area contributed by atoms with Crippen LogP contribution < -0.4 is 31.8 Å². The molecule has 0 saturated carbocycles. The van der Waals surface area contributed by atoms with Crippen molar-refractivity contribution < 1.29 is 12.5 Å². The second kappa shape index (κ2) is 15.5. The molecule has 0 aliphatic rings. The van der Waals surface area contributed by atoms with Gasteiger partial charge in [-0.15, -0.1) is 0 Å². The van der Waals surface area contributed by atoms with E-state index >= 15 is 0 Å². The topological polar surface area (TPSA) is 0 Å². The van der Waals surface area contributed by atoms with E-state index in [4.69, 9.17) is 19.1 Å². The maximum absolute atomic E-state index is 8.80. The van der Waals surface area contributed by atoms with Crippen LogP contribution in [-0.2, 0) is 12.5 Å². The number of benzene rings is 6. The van der Waals surface area contributed by atoms with Crippen LogP contribution in [-0.4, -0.2) is 0 Å². The Kier molecular flexibility index (Phi) is 12.2. The first-order valence-corrected chi connectivity index (χ1v) is 31.2. The zero-order chi connectivity index (χ0) is 33.4. The van der Waals surface area contributed by atoms with E-state index in [0.717, 1.165) is 26.8 Å². The average molecular weight is 1180 g/mol. The van der Waals surface area contributed by atoms with Crippen LogP contribution in [0.15, 0.2) is 172 Å². The Morgan fingerprint density at radius 1 is 0.277 bits per heavy atom. The Bertz CT molecular complexity index is 1620. The summed E-state index contributed by atoms with van der Waals surface area (Å²) < 4.78 is 6.03. The van der Waals surface area contributed by atoms with Gasteiger partial charge in [0, 0.05) is 0 Å². The van der Waals surface area contributed by atoms with Crippen molar-refractivity contribution in [2.24, 2.45) is 0 Å². The summed E-state index contributed by atoms with van der Waals surface area (Å²) in [6.07, 6.45) is 0. The molecule has 0 aliphatic carbocycles. The molecule has 0 unspecified atom stereocenters. The van der Waals surface area contributed by atoms with Crippen LogP contribution in [0.4, 0.5) is 0 Å². The van der Waals surface area contributed by atoms with Crippen LogP contribution in [0.1, 0.15) is 0 Å². The molecular weight excluding hydrogens is 1150 g/mol. The van der Waals surface area contributed by atoms with Gasteiger partial charge in [-0.3, -0.25) is 0 Å². The minimum absolute atomic E-state index is 1.01. The Morgan fingerprint density at radius 3 is 0.532 bits per heavy atom. The molecule has 0 bridgehead atoms. The van der Waals surface area contributed by atoms with Crippen molar-refractivity contribution in [1.29, 1.82) is 0 Å². The van der Waals surface area contributed by atoms with Gasteiger partial charge >= 0.3 is 342 Å². The van der Waals surface area contributed by atoms with Gasteiger partial charge in [0.05, 0.1) is 0 Å². The minimum atomic E-state index is -3.87. The summed E-state index contributed by atoms with van der Waals surface area (Å²) in [4.78, 5) is 0. The number of hydrogen-bond acceptors (Lipinski definition) is 0. The molecule has 0 aromatic heterocycles. The standard InChI is InChI=1S/2C18H12Br3P.2ClH.Pd/c2*19-13-1-7-16(8-2-13)22(17-9-3-14(20)4-10-17)18-11-5-15(21)6-12-18;;;/h2*1-12H;2*1H;. The van der Waals surface area contributed by atoms with Gasteiger partial charge in [0.1, 0.15) is 0 Å². The van der Waals surface area contributed by atoms with E-state index in [1.807, 2.05) is 0 Å². The van der Waals surface area contributed by atoms with Crippen LogP contribution in [0.2, 0.25) is 0 Å². The van der Waals surface area contributed by atoms with Gasteiger partial charge in [0.2, 0.25) is 0 Å². The number of rotatable bonds is 8. The molecule has 246 valence electrons. The Hall–Kier alpha value is 0.302. The molecule has 0 aliphatic heterocycles. The van der Waals surface area contributed by atoms with Crippen molar-refractivity contribution >= 4 is 157 Å². The average Bonchev–Trinajstić information content (AvgIpc) is 3.06. The van der Waals surface area contributed by atoms with E-state index in [0.29, 0.717) is 0 Å². The first kappa shape index (κ1) is 37.1. The quantitative estimate of drug-likeness (QED) is 0.105. The molecule has 6 aromatic carbocycles. The second-order valence-electron chi connectivity index (χ2n) is 10.6. The molecule has 0 saturated heterocycles. The van der Waals surface area contributed by atoms with Crippen LogP contribution in [0, 0.1) is 0 Å². The molecule has 0 N–H and O–H groups in total. The summed E-state index contributed by atoms with van der Waals surface area (Å²) in [7, 11) is 17.6. The van der Waals surface area contributed by atoms with Crippen LogP contribution in [0.3, 0.4) is 0 Å². The third-order valence-corrected chi connectivity index (χ3v) is 56.9. The molecule has 0 radical (unpaired) electrons. The van der Waals surface area contributed by atoms with Gasteiger partial charge in [-0.25, -0.2) is 0 Å². The Balaban J connectivity index is 1.88. The van der Waals surface area contributed by atoms with E-state index in [2.05, 4.69) is 241 Å². The van der Waals surface area contributed by atoms with E-state index in [9.17, 15) is 0 Å². The molecule has 47 heavy (non-hydrogen) atoms. The third-order valence-electron chi connectivity index (χ3n) is 7.94.